The lowest BCUT2D eigenvalue weighted by Gasteiger charge is -2.21. The van der Waals surface area contributed by atoms with Gasteiger partial charge in [0.15, 0.2) is 0 Å². The van der Waals surface area contributed by atoms with Crippen molar-refractivity contribution < 1.29 is 0 Å². The minimum Gasteiger partial charge on any atom is -0.308 e. The summed E-state index contributed by atoms with van der Waals surface area (Å²) in [6.07, 6.45) is 1.33. The Morgan fingerprint density at radius 1 is 1.05 bits per heavy atom. The van der Waals surface area contributed by atoms with E-state index in [9.17, 15) is 0 Å². The maximum atomic E-state index is 3.53. The van der Waals surface area contributed by atoms with Crippen molar-refractivity contribution in [2.75, 3.05) is 24.6 Å². The SMILES string of the molecule is CC(C)(C)NCc1ccc(CN2CCCSCC2)cc1. The highest BCUT2D eigenvalue weighted by Gasteiger charge is 2.10. The summed E-state index contributed by atoms with van der Waals surface area (Å²) >= 11 is 2.09. The molecule has 0 radical (unpaired) electrons. The fraction of sp³-hybridized carbons (Fsp3) is 0.647. The highest BCUT2D eigenvalue weighted by atomic mass is 32.2. The molecule has 0 saturated carbocycles. The second-order valence-electron chi connectivity index (χ2n) is 6.66. The molecule has 0 aromatic heterocycles. The molecule has 1 aliphatic heterocycles. The van der Waals surface area contributed by atoms with Crippen molar-refractivity contribution in [3.8, 4) is 0 Å². The minimum absolute atomic E-state index is 0.183. The molecule has 1 saturated heterocycles. The first-order valence-electron chi connectivity index (χ1n) is 7.66. The Morgan fingerprint density at radius 2 is 1.75 bits per heavy atom. The molecule has 20 heavy (non-hydrogen) atoms. The molecule has 0 aliphatic carbocycles. The molecule has 0 atom stereocenters. The molecule has 1 aromatic rings. The van der Waals surface area contributed by atoms with Crippen LogP contribution in [0.5, 0.6) is 0 Å². The average Bonchev–Trinajstić information content (AvgIpc) is 2.66. The van der Waals surface area contributed by atoms with Gasteiger partial charge in [0.1, 0.15) is 0 Å². The van der Waals surface area contributed by atoms with Gasteiger partial charge in [0.05, 0.1) is 0 Å². The van der Waals surface area contributed by atoms with E-state index in [1.807, 2.05) is 0 Å². The van der Waals surface area contributed by atoms with Crippen molar-refractivity contribution in [1.29, 1.82) is 0 Å². The van der Waals surface area contributed by atoms with Crippen molar-refractivity contribution >= 4 is 11.8 Å². The van der Waals surface area contributed by atoms with Crippen molar-refractivity contribution in [2.24, 2.45) is 0 Å². The number of rotatable bonds is 4. The molecule has 1 aromatic carbocycles. The Bertz CT molecular complexity index is 386. The van der Waals surface area contributed by atoms with Crippen LogP contribution in [0.1, 0.15) is 38.3 Å². The normalized spacial score (nSPS) is 17.9. The molecule has 0 amide bonds. The highest BCUT2D eigenvalue weighted by Crippen LogP contribution is 2.14. The van der Waals surface area contributed by atoms with E-state index in [0.29, 0.717) is 0 Å². The van der Waals surface area contributed by atoms with Crippen LogP contribution in [0.4, 0.5) is 0 Å². The van der Waals surface area contributed by atoms with Gasteiger partial charge < -0.3 is 5.32 Å². The second-order valence-corrected chi connectivity index (χ2v) is 7.89. The zero-order valence-corrected chi connectivity index (χ0v) is 13.9. The standard InChI is InChI=1S/C17H28N2S/c1-17(2,3)18-13-15-5-7-16(8-6-15)14-19-9-4-11-20-12-10-19/h5-8,18H,4,9-14H2,1-3H3. The van der Waals surface area contributed by atoms with Gasteiger partial charge in [-0.05, 0) is 50.6 Å². The first kappa shape index (κ1) is 15.9. The molecular weight excluding hydrogens is 264 g/mol. The molecule has 1 fully saturated rings. The Hall–Kier alpha value is -0.510. The Balaban J connectivity index is 1.84. The second kappa shape index (κ2) is 7.48. The topological polar surface area (TPSA) is 15.3 Å². The van der Waals surface area contributed by atoms with E-state index in [0.717, 1.165) is 13.1 Å². The van der Waals surface area contributed by atoms with Gasteiger partial charge in [0.2, 0.25) is 0 Å². The predicted octanol–water partition coefficient (Wildman–Crippen LogP) is 3.51. The van der Waals surface area contributed by atoms with Crippen LogP contribution in [-0.2, 0) is 13.1 Å². The quantitative estimate of drug-likeness (QED) is 0.914. The summed E-state index contributed by atoms with van der Waals surface area (Å²) in [7, 11) is 0. The lowest BCUT2D eigenvalue weighted by Crippen LogP contribution is -2.35. The van der Waals surface area contributed by atoms with E-state index >= 15 is 0 Å². The monoisotopic (exact) mass is 292 g/mol. The lowest BCUT2D eigenvalue weighted by atomic mass is 10.1. The summed E-state index contributed by atoms with van der Waals surface area (Å²) in [4.78, 5) is 2.59. The van der Waals surface area contributed by atoms with Gasteiger partial charge in [-0.2, -0.15) is 11.8 Å². The van der Waals surface area contributed by atoms with Crippen molar-refractivity contribution in [2.45, 2.75) is 45.8 Å². The molecule has 1 N–H and O–H groups in total. The van der Waals surface area contributed by atoms with Gasteiger partial charge in [-0.25, -0.2) is 0 Å². The van der Waals surface area contributed by atoms with Crippen LogP contribution in [-0.4, -0.2) is 35.0 Å². The van der Waals surface area contributed by atoms with Gasteiger partial charge in [-0.3, -0.25) is 4.90 Å². The predicted molar refractivity (Wildman–Crippen MR) is 90.3 cm³/mol. The Morgan fingerprint density at radius 3 is 2.45 bits per heavy atom. The Labute approximate surface area is 128 Å². The number of nitrogens with zero attached hydrogens (tertiary/aromatic N) is 1. The summed E-state index contributed by atoms with van der Waals surface area (Å²) in [6.45, 7) is 11.2. The number of hydrogen-bond acceptors (Lipinski definition) is 3. The van der Waals surface area contributed by atoms with E-state index in [2.05, 4.69) is 67.0 Å². The largest absolute Gasteiger partial charge is 0.308 e. The fourth-order valence-corrected chi connectivity index (χ4v) is 3.27. The zero-order valence-electron chi connectivity index (χ0n) is 13.1. The first-order chi connectivity index (χ1) is 9.53. The maximum Gasteiger partial charge on any atom is 0.0234 e. The molecule has 1 heterocycles. The summed E-state index contributed by atoms with van der Waals surface area (Å²) < 4.78 is 0. The maximum absolute atomic E-state index is 3.53. The minimum atomic E-state index is 0.183. The average molecular weight is 292 g/mol. The van der Waals surface area contributed by atoms with Crippen LogP contribution < -0.4 is 5.32 Å². The van der Waals surface area contributed by atoms with Crippen molar-refractivity contribution in [3.05, 3.63) is 35.4 Å². The number of hydrogen-bond donors (Lipinski definition) is 1. The molecular formula is C17H28N2S. The first-order valence-corrected chi connectivity index (χ1v) is 8.81. The van der Waals surface area contributed by atoms with Crippen molar-refractivity contribution in [3.63, 3.8) is 0 Å². The van der Waals surface area contributed by atoms with Gasteiger partial charge in [-0.1, -0.05) is 24.3 Å². The zero-order chi connectivity index (χ0) is 14.4. The van der Waals surface area contributed by atoms with Crippen LogP contribution in [0, 0.1) is 0 Å². The van der Waals surface area contributed by atoms with E-state index < -0.39 is 0 Å². The molecule has 3 heteroatoms. The summed E-state index contributed by atoms with van der Waals surface area (Å²) in [5, 5.41) is 3.53. The van der Waals surface area contributed by atoms with Crippen LogP contribution in [0.3, 0.4) is 0 Å². The molecule has 0 spiro atoms. The van der Waals surface area contributed by atoms with Crippen molar-refractivity contribution in [1.82, 2.24) is 10.2 Å². The van der Waals surface area contributed by atoms with E-state index in [4.69, 9.17) is 0 Å². The lowest BCUT2D eigenvalue weighted by molar-refractivity contribution is 0.287. The van der Waals surface area contributed by atoms with Gasteiger partial charge >= 0.3 is 0 Å². The van der Waals surface area contributed by atoms with E-state index in [-0.39, 0.29) is 5.54 Å². The third-order valence-electron chi connectivity index (χ3n) is 3.57. The number of benzene rings is 1. The van der Waals surface area contributed by atoms with Gasteiger partial charge in [0.25, 0.3) is 0 Å². The summed E-state index contributed by atoms with van der Waals surface area (Å²) in [5.41, 5.74) is 2.99. The molecule has 112 valence electrons. The fourth-order valence-electron chi connectivity index (χ4n) is 2.34. The van der Waals surface area contributed by atoms with Crippen LogP contribution in [0.2, 0.25) is 0 Å². The highest BCUT2D eigenvalue weighted by molar-refractivity contribution is 7.99. The third kappa shape index (κ3) is 5.86. The van der Waals surface area contributed by atoms with E-state index in [1.54, 1.807) is 0 Å². The van der Waals surface area contributed by atoms with Crippen LogP contribution >= 0.6 is 11.8 Å². The summed E-state index contributed by atoms with van der Waals surface area (Å²) in [6, 6.07) is 9.11. The summed E-state index contributed by atoms with van der Waals surface area (Å²) in [5.74, 6) is 2.61. The van der Waals surface area contributed by atoms with Crippen LogP contribution in [0.15, 0.2) is 24.3 Å². The molecule has 2 nitrogen and oxygen atoms in total. The van der Waals surface area contributed by atoms with Crippen LogP contribution in [0.25, 0.3) is 0 Å². The smallest absolute Gasteiger partial charge is 0.0234 e. The molecule has 2 rings (SSSR count). The van der Waals surface area contributed by atoms with E-state index in [1.165, 1.54) is 42.1 Å². The van der Waals surface area contributed by atoms with Gasteiger partial charge in [0, 0.05) is 30.9 Å². The molecule has 1 aliphatic rings. The molecule has 0 bridgehead atoms. The third-order valence-corrected chi connectivity index (χ3v) is 4.62. The number of nitrogens with one attached hydrogen (secondary N) is 1. The molecule has 0 unspecified atom stereocenters. The van der Waals surface area contributed by atoms with Gasteiger partial charge in [-0.15, -0.1) is 0 Å². The number of thioether (sulfide) groups is 1. The Kier molecular flexibility index (Phi) is 5.94.